The first kappa shape index (κ1) is 25.8. The first-order valence-electron chi connectivity index (χ1n) is 11.0. The minimum Gasteiger partial charge on any atom is -0.495 e. The molecule has 10 heteroatoms. The molecule has 0 saturated heterocycles. The third-order valence-corrected chi connectivity index (χ3v) is 4.64. The summed E-state index contributed by atoms with van der Waals surface area (Å²) in [5.41, 5.74) is 3.81. The molecule has 0 aromatic heterocycles. The van der Waals surface area contributed by atoms with Crippen LogP contribution in [-0.2, 0) is 14.4 Å². The second-order valence-corrected chi connectivity index (χ2v) is 7.22. The number of nitrogens with one attached hydrogen (secondary N) is 3. The number of hydrogen-bond acceptors (Lipinski definition) is 7. The number of methoxy groups -OCH3 is 1. The average molecular weight is 491 g/mol. The van der Waals surface area contributed by atoms with Crippen LogP contribution in [-0.4, -0.2) is 44.3 Å². The van der Waals surface area contributed by atoms with Gasteiger partial charge >= 0.3 is 11.8 Å². The molecule has 36 heavy (non-hydrogen) atoms. The van der Waals surface area contributed by atoms with Crippen LogP contribution in [0.2, 0.25) is 0 Å². The zero-order valence-corrected chi connectivity index (χ0v) is 19.8. The van der Waals surface area contributed by atoms with Gasteiger partial charge in [0.2, 0.25) is 0 Å². The predicted octanol–water partition coefficient (Wildman–Crippen LogP) is 3.20. The second kappa shape index (κ2) is 13.1. The van der Waals surface area contributed by atoms with E-state index in [1.807, 2.05) is 6.92 Å². The summed E-state index contributed by atoms with van der Waals surface area (Å²) in [6.07, 6.45) is 1.37. The molecule has 0 aliphatic carbocycles. The lowest BCUT2D eigenvalue weighted by molar-refractivity contribution is -0.136. The lowest BCUT2D eigenvalue weighted by Gasteiger charge is -2.09. The molecular weight excluding hydrogens is 464 g/mol. The van der Waals surface area contributed by atoms with E-state index in [2.05, 4.69) is 21.2 Å². The molecule has 0 atom stereocenters. The van der Waals surface area contributed by atoms with Gasteiger partial charge in [0.1, 0.15) is 17.2 Å². The number of ether oxygens (including phenoxy) is 3. The van der Waals surface area contributed by atoms with E-state index in [0.29, 0.717) is 35.0 Å². The predicted molar refractivity (Wildman–Crippen MR) is 136 cm³/mol. The molecule has 3 rings (SSSR count). The number of hydrazone groups is 1. The van der Waals surface area contributed by atoms with Crippen LogP contribution in [0.25, 0.3) is 0 Å². The zero-order valence-electron chi connectivity index (χ0n) is 19.8. The van der Waals surface area contributed by atoms with Crippen molar-refractivity contribution in [2.24, 2.45) is 5.10 Å². The highest BCUT2D eigenvalue weighted by Gasteiger charge is 2.14. The third kappa shape index (κ3) is 7.87. The molecule has 0 aliphatic heterocycles. The molecule has 0 bridgehead atoms. The van der Waals surface area contributed by atoms with E-state index in [4.69, 9.17) is 14.2 Å². The summed E-state index contributed by atoms with van der Waals surface area (Å²) in [4.78, 5) is 36.1. The normalized spacial score (nSPS) is 10.4. The van der Waals surface area contributed by atoms with Crippen molar-refractivity contribution in [3.63, 3.8) is 0 Å². The van der Waals surface area contributed by atoms with Crippen LogP contribution in [0.1, 0.15) is 12.5 Å². The molecule has 186 valence electrons. The summed E-state index contributed by atoms with van der Waals surface area (Å²) in [6.45, 7) is 2.30. The van der Waals surface area contributed by atoms with Crippen molar-refractivity contribution in [3.05, 3.63) is 78.4 Å². The van der Waals surface area contributed by atoms with Crippen LogP contribution in [0.3, 0.4) is 0 Å². The SMILES string of the molecule is CCOc1ccc(NC(=O)COc2ccc(/C=N\NC(=O)C(=O)Nc3ccccc3OC)cc2)cc1. The molecule has 0 radical (unpaired) electrons. The standard InChI is InChI=1S/C26H26N4O6/c1-3-35-20-14-10-19(11-15-20)28-24(31)17-36-21-12-8-18(9-13-21)16-27-30-26(33)25(32)29-22-6-4-5-7-23(22)34-2/h4-16H,3,17H2,1-2H3,(H,28,31)(H,29,32)(H,30,33)/b27-16-. The van der Waals surface area contributed by atoms with Gasteiger partial charge < -0.3 is 24.8 Å². The topological polar surface area (TPSA) is 127 Å². The smallest absolute Gasteiger partial charge is 0.329 e. The van der Waals surface area contributed by atoms with Gasteiger partial charge in [0.25, 0.3) is 5.91 Å². The van der Waals surface area contributed by atoms with Crippen molar-refractivity contribution >= 4 is 35.3 Å². The molecule has 0 saturated carbocycles. The van der Waals surface area contributed by atoms with E-state index in [9.17, 15) is 14.4 Å². The molecule has 0 spiro atoms. The summed E-state index contributed by atoms with van der Waals surface area (Å²) in [5, 5.41) is 8.98. The number of carbonyl (C=O) groups excluding carboxylic acids is 3. The summed E-state index contributed by atoms with van der Waals surface area (Å²) in [5.74, 6) is -0.489. The molecule has 3 aromatic carbocycles. The van der Waals surface area contributed by atoms with E-state index in [-0.39, 0.29) is 12.5 Å². The lowest BCUT2D eigenvalue weighted by Crippen LogP contribution is -2.32. The van der Waals surface area contributed by atoms with Gasteiger partial charge in [-0.25, -0.2) is 5.43 Å². The Hall–Kier alpha value is -4.86. The van der Waals surface area contributed by atoms with E-state index in [1.165, 1.54) is 13.3 Å². The summed E-state index contributed by atoms with van der Waals surface area (Å²) in [6, 6.07) is 20.4. The van der Waals surface area contributed by atoms with Gasteiger partial charge in [-0.1, -0.05) is 12.1 Å². The van der Waals surface area contributed by atoms with Gasteiger partial charge in [-0.3, -0.25) is 14.4 Å². The Kier molecular flexibility index (Phi) is 9.40. The highest BCUT2D eigenvalue weighted by molar-refractivity contribution is 6.39. The molecule has 0 aliphatic rings. The minimum absolute atomic E-state index is 0.169. The highest BCUT2D eigenvalue weighted by atomic mass is 16.5. The molecule has 3 amide bonds. The van der Waals surface area contributed by atoms with Crippen molar-refractivity contribution < 1.29 is 28.6 Å². The van der Waals surface area contributed by atoms with E-state index in [1.54, 1.807) is 72.8 Å². The number of anilines is 2. The minimum atomic E-state index is -0.935. The van der Waals surface area contributed by atoms with Crippen LogP contribution in [0.5, 0.6) is 17.2 Å². The van der Waals surface area contributed by atoms with Crippen molar-refractivity contribution in [1.82, 2.24) is 5.43 Å². The number of para-hydroxylation sites is 2. The van der Waals surface area contributed by atoms with Crippen LogP contribution in [0, 0.1) is 0 Å². The van der Waals surface area contributed by atoms with Gasteiger partial charge in [0.05, 0.1) is 25.6 Å². The van der Waals surface area contributed by atoms with Crippen LogP contribution in [0.4, 0.5) is 11.4 Å². The average Bonchev–Trinajstić information content (AvgIpc) is 2.89. The Morgan fingerprint density at radius 1 is 0.833 bits per heavy atom. The van der Waals surface area contributed by atoms with Crippen molar-refractivity contribution in [1.29, 1.82) is 0 Å². The van der Waals surface area contributed by atoms with Gasteiger partial charge in [0.15, 0.2) is 6.61 Å². The van der Waals surface area contributed by atoms with E-state index in [0.717, 1.165) is 5.75 Å². The molecule has 0 fully saturated rings. The molecule has 3 N–H and O–H groups in total. The largest absolute Gasteiger partial charge is 0.495 e. The van der Waals surface area contributed by atoms with Crippen LogP contribution >= 0.6 is 0 Å². The Labute approximate surface area is 208 Å². The number of hydrogen-bond donors (Lipinski definition) is 3. The first-order valence-corrected chi connectivity index (χ1v) is 11.0. The van der Waals surface area contributed by atoms with Gasteiger partial charge in [-0.2, -0.15) is 5.10 Å². The summed E-state index contributed by atoms with van der Waals surface area (Å²) in [7, 11) is 1.46. The number of carbonyl (C=O) groups is 3. The fraction of sp³-hybridized carbons (Fsp3) is 0.154. The van der Waals surface area contributed by atoms with Gasteiger partial charge in [-0.05, 0) is 73.2 Å². The summed E-state index contributed by atoms with van der Waals surface area (Å²) >= 11 is 0. The van der Waals surface area contributed by atoms with Crippen molar-refractivity contribution in [2.45, 2.75) is 6.92 Å². The molecule has 3 aromatic rings. The maximum absolute atomic E-state index is 12.1. The number of benzene rings is 3. The van der Waals surface area contributed by atoms with Crippen LogP contribution < -0.4 is 30.3 Å². The maximum atomic E-state index is 12.1. The molecule has 10 nitrogen and oxygen atoms in total. The Bertz CT molecular complexity index is 1210. The van der Waals surface area contributed by atoms with E-state index < -0.39 is 11.8 Å². The zero-order chi connectivity index (χ0) is 25.8. The fourth-order valence-electron chi connectivity index (χ4n) is 2.94. The Balaban J connectivity index is 1.42. The number of nitrogens with zero attached hydrogens (tertiary/aromatic N) is 1. The fourth-order valence-corrected chi connectivity index (χ4v) is 2.94. The lowest BCUT2D eigenvalue weighted by atomic mass is 10.2. The maximum Gasteiger partial charge on any atom is 0.329 e. The Morgan fingerprint density at radius 3 is 2.19 bits per heavy atom. The third-order valence-electron chi connectivity index (χ3n) is 4.64. The monoisotopic (exact) mass is 490 g/mol. The highest BCUT2D eigenvalue weighted by Crippen LogP contribution is 2.22. The number of rotatable bonds is 10. The van der Waals surface area contributed by atoms with Gasteiger partial charge in [-0.15, -0.1) is 0 Å². The van der Waals surface area contributed by atoms with E-state index >= 15 is 0 Å². The second-order valence-electron chi connectivity index (χ2n) is 7.22. The molecular formula is C26H26N4O6. The molecule has 0 heterocycles. The van der Waals surface area contributed by atoms with Crippen molar-refractivity contribution in [3.8, 4) is 17.2 Å². The molecule has 0 unspecified atom stereocenters. The van der Waals surface area contributed by atoms with Crippen molar-refractivity contribution in [2.75, 3.05) is 31.0 Å². The van der Waals surface area contributed by atoms with Gasteiger partial charge in [0, 0.05) is 5.69 Å². The Morgan fingerprint density at radius 2 is 1.50 bits per heavy atom. The quantitative estimate of drug-likeness (QED) is 0.228. The summed E-state index contributed by atoms with van der Waals surface area (Å²) < 4.78 is 16.0. The van der Waals surface area contributed by atoms with Crippen LogP contribution in [0.15, 0.2) is 77.9 Å². The number of amides is 3. The first-order chi connectivity index (χ1) is 17.5.